The molecule has 0 saturated carbocycles. The zero-order valence-electron chi connectivity index (χ0n) is 11.1. The number of esters is 1. The summed E-state index contributed by atoms with van der Waals surface area (Å²) in [6.07, 6.45) is 0. The average molecular weight is 285 g/mol. The monoisotopic (exact) mass is 285 g/mol. The predicted molar refractivity (Wildman–Crippen MR) is 74.3 cm³/mol. The van der Waals surface area contributed by atoms with Gasteiger partial charge in [0.05, 0.1) is 17.6 Å². The van der Waals surface area contributed by atoms with E-state index in [9.17, 15) is 19.7 Å². The van der Waals surface area contributed by atoms with Gasteiger partial charge in [0.25, 0.3) is 5.69 Å². The van der Waals surface area contributed by atoms with Gasteiger partial charge in [-0.1, -0.05) is 24.3 Å². The van der Waals surface area contributed by atoms with Gasteiger partial charge in [0.15, 0.2) is 5.78 Å². The molecule has 0 bridgehead atoms. The minimum atomic E-state index is -0.601. The lowest BCUT2D eigenvalue weighted by Crippen LogP contribution is -2.06. The Morgan fingerprint density at radius 3 is 2.14 bits per heavy atom. The summed E-state index contributed by atoms with van der Waals surface area (Å²) in [6.45, 7) is 0. The third-order valence-electron chi connectivity index (χ3n) is 2.91. The normalized spacial score (nSPS) is 9.95. The molecule has 0 saturated heterocycles. The average Bonchev–Trinajstić information content (AvgIpc) is 2.53. The van der Waals surface area contributed by atoms with Crippen molar-refractivity contribution in [2.24, 2.45) is 0 Å². The second-order valence-electron chi connectivity index (χ2n) is 4.17. The molecule has 0 aliphatic rings. The van der Waals surface area contributed by atoms with Crippen LogP contribution in [0, 0.1) is 10.1 Å². The molecule has 2 aromatic rings. The lowest BCUT2D eigenvalue weighted by atomic mass is 10.0. The Bertz CT molecular complexity index is 706. The van der Waals surface area contributed by atoms with Crippen LogP contribution in [0.3, 0.4) is 0 Å². The molecule has 6 heteroatoms. The summed E-state index contributed by atoms with van der Waals surface area (Å²) in [6, 6.07) is 11.5. The van der Waals surface area contributed by atoms with E-state index >= 15 is 0 Å². The number of ketones is 1. The van der Waals surface area contributed by atoms with E-state index < -0.39 is 16.7 Å². The molecule has 21 heavy (non-hydrogen) atoms. The summed E-state index contributed by atoms with van der Waals surface area (Å²) in [5, 5.41) is 10.9. The first-order chi connectivity index (χ1) is 10.0. The van der Waals surface area contributed by atoms with Crippen LogP contribution in [-0.2, 0) is 4.74 Å². The molecule has 2 rings (SSSR count). The van der Waals surface area contributed by atoms with Crippen molar-refractivity contribution in [3.8, 4) is 0 Å². The molecular formula is C15H11NO5. The van der Waals surface area contributed by atoms with Crippen molar-refractivity contribution in [1.82, 2.24) is 0 Å². The smallest absolute Gasteiger partial charge is 0.337 e. The number of carbonyl (C=O) groups excluding carboxylic acids is 2. The van der Waals surface area contributed by atoms with Gasteiger partial charge >= 0.3 is 5.97 Å². The Morgan fingerprint density at radius 1 is 1.00 bits per heavy atom. The van der Waals surface area contributed by atoms with Gasteiger partial charge in [0.1, 0.15) is 5.56 Å². The molecule has 0 radical (unpaired) electrons. The van der Waals surface area contributed by atoms with Gasteiger partial charge in [0.2, 0.25) is 0 Å². The summed E-state index contributed by atoms with van der Waals surface area (Å²) >= 11 is 0. The first-order valence-electron chi connectivity index (χ1n) is 6.01. The zero-order chi connectivity index (χ0) is 15.4. The van der Waals surface area contributed by atoms with Crippen LogP contribution in [0.2, 0.25) is 0 Å². The van der Waals surface area contributed by atoms with E-state index in [1.165, 1.54) is 49.6 Å². The van der Waals surface area contributed by atoms with Crippen molar-refractivity contribution in [2.75, 3.05) is 7.11 Å². The number of ether oxygens (including phenoxy) is 1. The van der Waals surface area contributed by atoms with Gasteiger partial charge in [-0.05, 0) is 18.2 Å². The lowest BCUT2D eigenvalue weighted by Gasteiger charge is -2.04. The quantitative estimate of drug-likeness (QED) is 0.373. The van der Waals surface area contributed by atoms with E-state index in [4.69, 9.17) is 0 Å². The fraction of sp³-hybridized carbons (Fsp3) is 0.0667. The SMILES string of the molecule is COC(=O)c1ccc(C(=O)c2ccccc2[N+](=O)[O-])cc1. The molecule has 0 fully saturated rings. The van der Waals surface area contributed by atoms with Crippen LogP contribution in [0.4, 0.5) is 5.69 Å². The summed E-state index contributed by atoms with van der Waals surface area (Å²) in [5.41, 5.74) is 0.321. The molecule has 6 nitrogen and oxygen atoms in total. The second-order valence-corrected chi connectivity index (χ2v) is 4.17. The van der Waals surface area contributed by atoms with Gasteiger partial charge in [-0.25, -0.2) is 4.79 Å². The van der Waals surface area contributed by atoms with Gasteiger partial charge in [-0.15, -0.1) is 0 Å². The number of carbonyl (C=O) groups is 2. The van der Waals surface area contributed by atoms with E-state index in [0.717, 1.165) is 0 Å². The van der Waals surface area contributed by atoms with Crippen LogP contribution < -0.4 is 0 Å². The van der Waals surface area contributed by atoms with Crippen LogP contribution in [0.15, 0.2) is 48.5 Å². The number of benzene rings is 2. The Hall–Kier alpha value is -3.02. The van der Waals surface area contributed by atoms with Crippen LogP contribution in [0.25, 0.3) is 0 Å². The van der Waals surface area contributed by atoms with Crippen LogP contribution in [0.1, 0.15) is 26.3 Å². The topological polar surface area (TPSA) is 86.5 Å². The molecule has 106 valence electrons. The number of rotatable bonds is 4. The molecular weight excluding hydrogens is 274 g/mol. The van der Waals surface area contributed by atoms with E-state index in [2.05, 4.69) is 4.74 Å². The fourth-order valence-corrected chi connectivity index (χ4v) is 1.86. The number of para-hydroxylation sites is 1. The fourth-order valence-electron chi connectivity index (χ4n) is 1.86. The Balaban J connectivity index is 2.37. The molecule has 2 aromatic carbocycles. The van der Waals surface area contributed by atoms with Crippen molar-refractivity contribution >= 4 is 17.4 Å². The first kappa shape index (κ1) is 14.4. The third kappa shape index (κ3) is 2.94. The Labute approximate surface area is 120 Å². The summed E-state index contributed by atoms with van der Waals surface area (Å²) in [4.78, 5) is 33.9. The molecule has 0 aliphatic heterocycles. The standard InChI is InChI=1S/C15H11NO5/c1-21-15(18)11-8-6-10(7-9-11)14(17)12-4-2-3-5-13(12)16(19)20/h2-9H,1H3. The van der Waals surface area contributed by atoms with Gasteiger partial charge in [-0.3, -0.25) is 14.9 Å². The Kier molecular flexibility index (Phi) is 4.08. The largest absolute Gasteiger partial charge is 0.465 e. The minimum Gasteiger partial charge on any atom is -0.465 e. The summed E-state index contributed by atoms with van der Waals surface area (Å²) in [7, 11) is 1.26. The van der Waals surface area contributed by atoms with Crippen molar-refractivity contribution < 1.29 is 19.2 Å². The molecule has 0 spiro atoms. The highest BCUT2D eigenvalue weighted by Crippen LogP contribution is 2.21. The molecule has 0 unspecified atom stereocenters. The second kappa shape index (κ2) is 5.96. The third-order valence-corrected chi connectivity index (χ3v) is 2.91. The first-order valence-corrected chi connectivity index (χ1v) is 6.01. The number of hydrogen-bond acceptors (Lipinski definition) is 5. The van der Waals surface area contributed by atoms with Crippen molar-refractivity contribution in [3.05, 3.63) is 75.3 Å². The highest BCUT2D eigenvalue weighted by atomic mass is 16.6. The van der Waals surface area contributed by atoms with E-state index in [1.54, 1.807) is 6.07 Å². The number of nitro groups is 1. The number of nitrogens with zero attached hydrogens (tertiary/aromatic N) is 1. The highest BCUT2D eigenvalue weighted by molar-refractivity contribution is 6.11. The Morgan fingerprint density at radius 2 is 1.57 bits per heavy atom. The zero-order valence-corrected chi connectivity index (χ0v) is 11.1. The maximum absolute atomic E-state index is 12.3. The highest BCUT2D eigenvalue weighted by Gasteiger charge is 2.20. The summed E-state index contributed by atoms with van der Waals surface area (Å²) in [5.74, 6) is -0.988. The van der Waals surface area contributed by atoms with E-state index in [1.807, 2.05) is 0 Å². The maximum Gasteiger partial charge on any atom is 0.337 e. The van der Waals surface area contributed by atoms with Gasteiger partial charge in [0, 0.05) is 11.6 Å². The molecule has 0 aromatic heterocycles. The summed E-state index contributed by atoms with van der Waals surface area (Å²) < 4.78 is 4.56. The molecule has 0 aliphatic carbocycles. The molecule has 0 heterocycles. The van der Waals surface area contributed by atoms with Crippen LogP contribution >= 0.6 is 0 Å². The van der Waals surface area contributed by atoms with E-state index in [0.29, 0.717) is 5.56 Å². The molecule has 0 N–H and O–H groups in total. The lowest BCUT2D eigenvalue weighted by molar-refractivity contribution is -0.385. The predicted octanol–water partition coefficient (Wildman–Crippen LogP) is 2.61. The molecule has 0 amide bonds. The van der Waals surface area contributed by atoms with Gasteiger partial charge < -0.3 is 4.74 Å². The van der Waals surface area contributed by atoms with Gasteiger partial charge in [-0.2, -0.15) is 0 Å². The number of nitro benzene ring substituents is 1. The number of hydrogen-bond donors (Lipinski definition) is 0. The van der Waals surface area contributed by atoms with Crippen molar-refractivity contribution in [2.45, 2.75) is 0 Å². The minimum absolute atomic E-state index is 0.00770. The van der Waals surface area contributed by atoms with Crippen LogP contribution in [-0.4, -0.2) is 23.8 Å². The van der Waals surface area contributed by atoms with Crippen molar-refractivity contribution in [3.63, 3.8) is 0 Å². The van der Waals surface area contributed by atoms with Crippen molar-refractivity contribution in [1.29, 1.82) is 0 Å². The molecule has 0 atom stereocenters. The number of methoxy groups -OCH3 is 1. The van der Waals surface area contributed by atoms with E-state index in [-0.39, 0.29) is 16.8 Å². The van der Waals surface area contributed by atoms with Crippen LogP contribution in [0.5, 0.6) is 0 Å². The maximum atomic E-state index is 12.3.